The molecule has 2 aromatic rings. The lowest BCUT2D eigenvalue weighted by Gasteiger charge is -2.31. The molecule has 0 aromatic heterocycles. The molecule has 0 saturated carbocycles. The predicted octanol–water partition coefficient (Wildman–Crippen LogP) is 1.55. The van der Waals surface area contributed by atoms with Crippen LogP contribution >= 0.6 is 0 Å². The van der Waals surface area contributed by atoms with Crippen molar-refractivity contribution in [1.82, 2.24) is 9.62 Å². The van der Waals surface area contributed by atoms with Crippen LogP contribution in [-0.4, -0.2) is 57.4 Å². The number of piperidine rings is 1. The highest BCUT2D eigenvalue weighted by atomic mass is 32.2. The molecule has 1 amide bonds. The maximum atomic E-state index is 12.9. The second kappa shape index (κ2) is 9.22. The molecule has 2 N–H and O–H groups in total. The standard InChI is InChI=1S/C19H22N4O7S2/c1-31(27,28)22-11-5-6-14(13-22)20-19(24)17-9-2-3-10-18(17)21-32(29,30)16-8-4-7-15(12-16)23(25)26/h2-4,7-10,12,14,21H,5-6,11,13H2,1H3,(H,20,24). The highest BCUT2D eigenvalue weighted by Crippen LogP contribution is 2.23. The number of nitrogens with one attached hydrogen (secondary N) is 2. The Balaban J connectivity index is 1.80. The Bertz CT molecular complexity index is 1250. The minimum absolute atomic E-state index is 0.00714. The molecule has 0 spiro atoms. The summed E-state index contributed by atoms with van der Waals surface area (Å²) in [5.74, 6) is -0.567. The first-order chi connectivity index (χ1) is 15.0. The van der Waals surface area contributed by atoms with E-state index in [9.17, 15) is 31.7 Å². The van der Waals surface area contributed by atoms with Gasteiger partial charge < -0.3 is 5.32 Å². The number of amides is 1. The van der Waals surface area contributed by atoms with Crippen LogP contribution in [-0.2, 0) is 20.0 Å². The fourth-order valence-corrected chi connectivity index (χ4v) is 5.39. The molecule has 1 saturated heterocycles. The van der Waals surface area contributed by atoms with E-state index in [0.717, 1.165) is 12.3 Å². The zero-order chi connectivity index (χ0) is 23.5. The fraction of sp³-hybridized carbons (Fsp3) is 0.316. The third-order valence-electron chi connectivity index (χ3n) is 4.94. The van der Waals surface area contributed by atoms with E-state index in [-0.39, 0.29) is 28.4 Å². The number of rotatable bonds is 7. The van der Waals surface area contributed by atoms with E-state index in [2.05, 4.69) is 10.0 Å². The Kier molecular flexibility index (Phi) is 6.81. The number of non-ortho nitro benzene ring substituents is 1. The number of nitro benzene ring substituents is 1. The quantitative estimate of drug-likeness (QED) is 0.448. The zero-order valence-electron chi connectivity index (χ0n) is 17.1. The summed E-state index contributed by atoms with van der Waals surface area (Å²) >= 11 is 0. The highest BCUT2D eigenvalue weighted by Gasteiger charge is 2.28. The number of para-hydroxylation sites is 1. The molecule has 3 rings (SSSR count). The molecule has 32 heavy (non-hydrogen) atoms. The monoisotopic (exact) mass is 482 g/mol. The van der Waals surface area contributed by atoms with E-state index in [1.807, 2.05) is 0 Å². The molecule has 172 valence electrons. The lowest BCUT2D eigenvalue weighted by atomic mass is 10.1. The van der Waals surface area contributed by atoms with Crippen LogP contribution < -0.4 is 10.0 Å². The van der Waals surface area contributed by atoms with Crippen LogP contribution in [0.3, 0.4) is 0 Å². The summed E-state index contributed by atoms with van der Waals surface area (Å²) in [7, 11) is -7.60. The molecular weight excluding hydrogens is 460 g/mol. The van der Waals surface area contributed by atoms with E-state index in [0.29, 0.717) is 19.4 Å². The maximum Gasteiger partial charge on any atom is 0.270 e. The molecule has 0 bridgehead atoms. The van der Waals surface area contributed by atoms with Gasteiger partial charge in [-0.05, 0) is 31.0 Å². The van der Waals surface area contributed by atoms with Gasteiger partial charge in [0.05, 0.1) is 27.3 Å². The van der Waals surface area contributed by atoms with Gasteiger partial charge in [-0.1, -0.05) is 18.2 Å². The molecule has 1 heterocycles. The van der Waals surface area contributed by atoms with E-state index < -0.39 is 36.9 Å². The Morgan fingerprint density at radius 1 is 1.12 bits per heavy atom. The van der Waals surface area contributed by atoms with Crippen LogP contribution in [0.1, 0.15) is 23.2 Å². The first kappa shape index (κ1) is 23.6. The van der Waals surface area contributed by atoms with Crippen LogP contribution in [0.15, 0.2) is 53.4 Å². The second-order valence-electron chi connectivity index (χ2n) is 7.34. The largest absolute Gasteiger partial charge is 0.348 e. The van der Waals surface area contributed by atoms with Crippen molar-refractivity contribution in [3.63, 3.8) is 0 Å². The van der Waals surface area contributed by atoms with Crippen LogP contribution in [0.2, 0.25) is 0 Å². The molecule has 1 aliphatic rings. The number of sulfonamides is 2. The third kappa shape index (κ3) is 5.60. The summed E-state index contributed by atoms with van der Waals surface area (Å²) in [5.41, 5.74) is -0.350. The van der Waals surface area contributed by atoms with E-state index in [1.54, 1.807) is 6.07 Å². The van der Waals surface area contributed by atoms with Gasteiger partial charge in [0.2, 0.25) is 10.0 Å². The van der Waals surface area contributed by atoms with Crippen molar-refractivity contribution >= 4 is 37.3 Å². The van der Waals surface area contributed by atoms with Crippen LogP contribution in [0.25, 0.3) is 0 Å². The number of hydrogen-bond acceptors (Lipinski definition) is 7. The molecule has 11 nitrogen and oxygen atoms in total. The molecule has 0 aliphatic carbocycles. The average molecular weight is 483 g/mol. The molecule has 2 aromatic carbocycles. The van der Waals surface area contributed by atoms with Crippen molar-refractivity contribution in [3.8, 4) is 0 Å². The maximum absolute atomic E-state index is 12.9. The number of benzene rings is 2. The van der Waals surface area contributed by atoms with Gasteiger partial charge in [0.25, 0.3) is 21.6 Å². The van der Waals surface area contributed by atoms with Crippen molar-refractivity contribution in [3.05, 3.63) is 64.2 Å². The predicted molar refractivity (Wildman–Crippen MR) is 117 cm³/mol. The van der Waals surface area contributed by atoms with Gasteiger partial charge >= 0.3 is 0 Å². The molecule has 1 atom stereocenters. The number of nitrogens with zero attached hydrogens (tertiary/aromatic N) is 2. The van der Waals surface area contributed by atoms with E-state index in [1.165, 1.54) is 40.7 Å². The lowest BCUT2D eigenvalue weighted by Crippen LogP contribution is -2.49. The van der Waals surface area contributed by atoms with Crippen molar-refractivity contribution < 1.29 is 26.6 Å². The third-order valence-corrected chi connectivity index (χ3v) is 7.58. The summed E-state index contributed by atoms with van der Waals surface area (Å²) in [4.78, 5) is 22.8. The summed E-state index contributed by atoms with van der Waals surface area (Å²) in [5, 5.41) is 13.7. The average Bonchev–Trinajstić information content (AvgIpc) is 2.73. The number of carbonyl (C=O) groups is 1. The smallest absolute Gasteiger partial charge is 0.270 e. The molecular formula is C19H22N4O7S2. The Hall–Kier alpha value is -3.03. The van der Waals surface area contributed by atoms with Gasteiger partial charge in [-0.3, -0.25) is 19.6 Å². The fourth-order valence-electron chi connectivity index (χ4n) is 3.36. The molecule has 1 aliphatic heterocycles. The topological polar surface area (TPSA) is 156 Å². The van der Waals surface area contributed by atoms with Crippen molar-refractivity contribution in [1.29, 1.82) is 0 Å². The van der Waals surface area contributed by atoms with Crippen LogP contribution in [0.5, 0.6) is 0 Å². The Morgan fingerprint density at radius 3 is 2.53 bits per heavy atom. The lowest BCUT2D eigenvalue weighted by molar-refractivity contribution is -0.385. The van der Waals surface area contributed by atoms with Gasteiger partial charge in [0.1, 0.15) is 0 Å². The number of carbonyl (C=O) groups excluding carboxylic acids is 1. The van der Waals surface area contributed by atoms with Crippen molar-refractivity contribution in [2.24, 2.45) is 0 Å². The van der Waals surface area contributed by atoms with Crippen molar-refractivity contribution in [2.75, 3.05) is 24.1 Å². The summed E-state index contributed by atoms with van der Waals surface area (Å²) in [6, 6.07) is 10.1. The number of anilines is 1. The summed E-state index contributed by atoms with van der Waals surface area (Å²) < 4.78 is 52.7. The number of nitro groups is 1. The highest BCUT2D eigenvalue weighted by molar-refractivity contribution is 7.92. The number of hydrogen-bond donors (Lipinski definition) is 2. The molecule has 0 radical (unpaired) electrons. The summed E-state index contributed by atoms with van der Waals surface area (Å²) in [6.07, 6.45) is 2.27. The van der Waals surface area contributed by atoms with Gasteiger partial charge in [-0.25, -0.2) is 21.1 Å². The minimum Gasteiger partial charge on any atom is -0.348 e. The minimum atomic E-state index is -4.21. The Labute approximate surface area is 185 Å². The Morgan fingerprint density at radius 2 is 1.84 bits per heavy atom. The van der Waals surface area contributed by atoms with E-state index in [4.69, 9.17) is 0 Å². The SMILES string of the molecule is CS(=O)(=O)N1CCCC(NC(=O)c2ccccc2NS(=O)(=O)c2cccc([N+](=O)[O-])c2)C1. The zero-order valence-corrected chi connectivity index (χ0v) is 18.7. The first-order valence-corrected chi connectivity index (χ1v) is 12.9. The van der Waals surface area contributed by atoms with Crippen molar-refractivity contribution in [2.45, 2.75) is 23.8 Å². The molecule has 1 fully saturated rings. The van der Waals surface area contributed by atoms with E-state index >= 15 is 0 Å². The van der Waals surface area contributed by atoms with Gasteiger partial charge in [0, 0.05) is 31.3 Å². The van der Waals surface area contributed by atoms with Gasteiger partial charge in [0.15, 0.2) is 0 Å². The second-order valence-corrected chi connectivity index (χ2v) is 11.0. The van der Waals surface area contributed by atoms with Crippen LogP contribution in [0.4, 0.5) is 11.4 Å². The first-order valence-electron chi connectivity index (χ1n) is 9.59. The van der Waals surface area contributed by atoms with Gasteiger partial charge in [-0.15, -0.1) is 0 Å². The van der Waals surface area contributed by atoms with Crippen LogP contribution in [0, 0.1) is 10.1 Å². The normalized spacial score (nSPS) is 17.5. The molecule has 1 unspecified atom stereocenters. The summed E-state index contributed by atoms with van der Waals surface area (Å²) in [6.45, 7) is 0.511. The molecule has 13 heteroatoms. The van der Waals surface area contributed by atoms with Gasteiger partial charge in [-0.2, -0.15) is 0 Å².